The highest BCUT2D eigenvalue weighted by atomic mass is 16.4. The van der Waals surface area contributed by atoms with Gasteiger partial charge in [-0.05, 0) is 12.8 Å². The highest BCUT2D eigenvalue weighted by molar-refractivity contribution is 6.02. The second-order valence-electron chi connectivity index (χ2n) is 5.42. The molecule has 2 aromatic heterocycles. The molecule has 22 heavy (non-hydrogen) atoms. The van der Waals surface area contributed by atoms with Crippen LogP contribution in [0.1, 0.15) is 45.6 Å². The van der Waals surface area contributed by atoms with Gasteiger partial charge < -0.3 is 19.6 Å². The van der Waals surface area contributed by atoms with Gasteiger partial charge in [-0.2, -0.15) is 0 Å². The third-order valence-electron chi connectivity index (χ3n) is 3.99. The van der Waals surface area contributed by atoms with Crippen LogP contribution in [0, 0.1) is 0 Å². The van der Waals surface area contributed by atoms with Crippen molar-refractivity contribution >= 4 is 11.9 Å². The molecule has 8 nitrogen and oxygen atoms in total. The Hall–Kier alpha value is -2.64. The zero-order valence-electron chi connectivity index (χ0n) is 12.2. The maximum absolute atomic E-state index is 12.5. The summed E-state index contributed by atoms with van der Waals surface area (Å²) in [6.07, 6.45) is 6.67. The van der Waals surface area contributed by atoms with Crippen LogP contribution in [0.3, 0.4) is 0 Å². The van der Waals surface area contributed by atoms with E-state index in [0.717, 1.165) is 18.7 Å². The molecule has 8 heteroatoms. The van der Waals surface area contributed by atoms with Gasteiger partial charge >= 0.3 is 5.97 Å². The van der Waals surface area contributed by atoms with Crippen LogP contribution in [-0.4, -0.2) is 54.5 Å². The van der Waals surface area contributed by atoms with E-state index in [1.165, 1.54) is 6.33 Å². The minimum absolute atomic E-state index is 0.0343. The van der Waals surface area contributed by atoms with E-state index in [-0.39, 0.29) is 23.2 Å². The van der Waals surface area contributed by atoms with Crippen LogP contribution in [-0.2, 0) is 7.05 Å². The Morgan fingerprint density at radius 1 is 1.41 bits per heavy atom. The summed E-state index contributed by atoms with van der Waals surface area (Å²) in [5.74, 6) is -0.432. The van der Waals surface area contributed by atoms with Crippen LogP contribution in [0.15, 0.2) is 18.7 Å². The van der Waals surface area contributed by atoms with E-state index in [1.807, 2.05) is 17.8 Å². The first-order valence-electron chi connectivity index (χ1n) is 7.11. The van der Waals surface area contributed by atoms with E-state index in [4.69, 9.17) is 5.11 Å². The molecule has 0 unspecified atom stereocenters. The number of aromatic nitrogens is 4. The molecular formula is C14H17N5O3. The van der Waals surface area contributed by atoms with Gasteiger partial charge in [-0.25, -0.2) is 14.8 Å². The van der Waals surface area contributed by atoms with Crippen molar-refractivity contribution in [3.8, 4) is 0 Å². The van der Waals surface area contributed by atoms with Gasteiger partial charge in [0.15, 0.2) is 11.4 Å². The number of aromatic carboxylic acids is 1. The average molecular weight is 303 g/mol. The van der Waals surface area contributed by atoms with Crippen molar-refractivity contribution in [2.75, 3.05) is 13.1 Å². The van der Waals surface area contributed by atoms with Gasteiger partial charge in [-0.3, -0.25) is 4.79 Å². The zero-order valence-corrected chi connectivity index (χ0v) is 12.2. The molecule has 2 N–H and O–H groups in total. The van der Waals surface area contributed by atoms with Crippen LogP contribution < -0.4 is 0 Å². The second kappa shape index (κ2) is 5.63. The van der Waals surface area contributed by atoms with Crippen LogP contribution >= 0.6 is 0 Å². The summed E-state index contributed by atoms with van der Waals surface area (Å²) < 4.78 is 1.95. The molecule has 1 aliphatic heterocycles. The number of aryl methyl sites for hydroxylation is 1. The number of carbonyl (C=O) groups is 2. The summed E-state index contributed by atoms with van der Waals surface area (Å²) >= 11 is 0. The number of carbonyl (C=O) groups excluding carboxylic acids is 1. The van der Waals surface area contributed by atoms with E-state index in [2.05, 4.69) is 15.0 Å². The SMILES string of the molecule is Cn1ccnc1[C@@H]1CCCN(C(=O)c2nc[nH]c2C(=O)O)C1. The standard InChI is InChI=1S/C14H17N5O3/c1-18-6-4-15-12(18)9-3-2-5-19(7-9)13(20)10-11(14(21)22)17-8-16-10/h4,6,8-9H,2-3,5,7H2,1H3,(H,16,17)(H,21,22)/t9-/m1/s1. The second-order valence-corrected chi connectivity index (χ2v) is 5.42. The molecule has 116 valence electrons. The fourth-order valence-electron chi connectivity index (χ4n) is 2.91. The summed E-state index contributed by atoms with van der Waals surface area (Å²) in [7, 11) is 1.93. The maximum atomic E-state index is 12.5. The predicted molar refractivity (Wildman–Crippen MR) is 76.6 cm³/mol. The number of nitrogens with zero attached hydrogens (tertiary/aromatic N) is 4. The minimum Gasteiger partial charge on any atom is -0.477 e. The number of imidazole rings is 2. The number of piperidine rings is 1. The monoisotopic (exact) mass is 303 g/mol. The van der Waals surface area contributed by atoms with Crippen molar-refractivity contribution in [2.24, 2.45) is 7.05 Å². The summed E-state index contributed by atoms with van der Waals surface area (Å²) in [4.78, 5) is 36.0. The Balaban J connectivity index is 1.80. The third kappa shape index (κ3) is 2.47. The quantitative estimate of drug-likeness (QED) is 0.875. The number of hydrogen-bond donors (Lipinski definition) is 2. The fourth-order valence-corrected chi connectivity index (χ4v) is 2.91. The van der Waals surface area contributed by atoms with Crippen molar-refractivity contribution in [3.63, 3.8) is 0 Å². The number of aromatic amines is 1. The molecule has 3 rings (SSSR count). The molecule has 1 atom stereocenters. The van der Waals surface area contributed by atoms with E-state index in [9.17, 15) is 9.59 Å². The smallest absolute Gasteiger partial charge is 0.354 e. The number of rotatable bonds is 3. The van der Waals surface area contributed by atoms with Crippen molar-refractivity contribution < 1.29 is 14.7 Å². The first kappa shape index (κ1) is 14.3. The number of hydrogen-bond acceptors (Lipinski definition) is 4. The lowest BCUT2D eigenvalue weighted by molar-refractivity contribution is 0.0651. The number of amides is 1. The van der Waals surface area contributed by atoms with Crippen molar-refractivity contribution in [1.82, 2.24) is 24.4 Å². The Kier molecular flexibility index (Phi) is 3.66. The van der Waals surface area contributed by atoms with Gasteiger partial charge in [0.05, 0.1) is 6.33 Å². The molecule has 3 heterocycles. The molecule has 1 saturated heterocycles. The fraction of sp³-hybridized carbons (Fsp3) is 0.429. The number of carboxylic acids is 1. The lowest BCUT2D eigenvalue weighted by Crippen LogP contribution is -2.40. The third-order valence-corrected chi connectivity index (χ3v) is 3.99. The molecule has 0 radical (unpaired) electrons. The molecule has 1 aliphatic rings. The molecule has 0 aliphatic carbocycles. The number of likely N-dealkylation sites (tertiary alicyclic amines) is 1. The normalized spacial score (nSPS) is 18.4. The Morgan fingerprint density at radius 2 is 2.23 bits per heavy atom. The van der Waals surface area contributed by atoms with Crippen molar-refractivity contribution in [1.29, 1.82) is 0 Å². The van der Waals surface area contributed by atoms with Gasteiger partial charge in [0.1, 0.15) is 5.82 Å². The summed E-state index contributed by atoms with van der Waals surface area (Å²) in [6.45, 7) is 1.13. The topological polar surface area (TPSA) is 104 Å². The van der Waals surface area contributed by atoms with E-state index >= 15 is 0 Å². The Labute approximate surface area is 126 Å². The maximum Gasteiger partial charge on any atom is 0.354 e. The largest absolute Gasteiger partial charge is 0.477 e. The van der Waals surface area contributed by atoms with Gasteiger partial charge in [0.25, 0.3) is 5.91 Å². The molecule has 1 amide bonds. The number of H-pyrrole nitrogens is 1. The lowest BCUT2D eigenvalue weighted by atomic mass is 9.97. The van der Waals surface area contributed by atoms with Crippen molar-refractivity contribution in [2.45, 2.75) is 18.8 Å². The van der Waals surface area contributed by atoms with Crippen LogP contribution in [0.5, 0.6) is 0 Å². The van der Waals surface area contributed by atoms with E-state index in [0.29, 0.717) is 13.1 Å². The highest BCUT2D eigenvalue weighted by Crippen LogP contribution is 2.26. The molecule has 2 aromatic rings. The first-order valence-corrected chi connectivity index (χ1v) is 7.11. The van der Waals surface area contributed by atoms with Crippen LogP contribution in [0.4, 0.5) is 0 Å². The first-order chi connectivity index (χ1) is 10.6. The molecule has 0 spiro atoms. The summed E-state index contributed by atoms with van der Waals surface area (Å²) in [5, 5.41) is 9.09. The van der Waals surface area contributed by atoms with Crippen molar-refractivity contribution in [3.05, 3.63) is 35.9 Å². The highest BCUT2D eigenvalue weighted by Gasteiger charge is 2.30. The number of carboxylic acid groups (broad SMARTS) is 1. The van der Waals surface area contributed by atoms with Gasteiger partial charge in [-0.1, -0.05) is 0 Å². The predicted octanol–water partition coefficient (Wildman–Crippen LogP) is 0.861. The van der Waals surface area contributed by atoms with Gasteiger partial charge in [-0.15, -0.1) is 0 Å². The lowest BCUT2D eigenvalue weighted by Gasteiger charge is -2.32. The van der Waals surface area contributed by atoms with Crippen LogP contribution in [0.2, 0.25) is 0 Å². The molecule has 0 bridgehead atoms. The molecular weight excluding hydrogens is 286 g/mol. The zero-order chi connectivity index (χ0) is 15.7. The number of nitrogens with one attached hydrogen (secondary N) is 1. The Bertz CT molecular complexity index is 705. The van der Waals surface area contributed by atoms with Gasteiger partial charge in [0.2, 0.25) is 0 Å². The minimum atomic E-state index is -1.18. The van der Waals surface area contributed by atoms with E-state index < -0.39 is 5.97 Å². The summed E-state index contributed by atoms with van der Waals surface area (Å²) in [6, 6.07) is 0. The Morgan fingerprint density at radius 3 is 2.91 bits per heavy atom. The summed E-state index contributed by atoms with van der Waals surface area (Å²) in [5.41, 5.74) is -0.197. The van der Waals surface area contributed by atoms with E-state index in [1.54, 1.807) is 11.1 Å². The van der Waals surface area contributed by atoms with Gasteiger partial charge in [0, 0.05) is 38.4 Å². The molecule has 0 saturated carbocycles. The van der Waals surface area contributed by atoms with Crippen LogP contribution in [0.25, 0.3) is 0 Å². The average Bonchev–Trinajstić information content (AvgIpc) is 3.15. The molecule has 1 fully saturated rings. The molecule has 0 aromatic carbocycles.